The highest BCUT2D eigenvalue weighted by atomic mass is 15.0. The first-order chi connectivity index (χ1) is 6.40. The lowest BCUT2D eigenvalue weighted by atomic mass is 10.1. The largest absolute Gasteiger partial charge is 0.309 e. The zero-order valence-electron chi connectivity index (χ0n) is 7.95. The van der Waals surface area contributed by atoms with Crippen molar-refractivity contribution in [2.24, 2.45) is 0 Å². The van der Waals surface area contributed by atoms with Gasteiger partial charge in [-0.25, -0.2) is 9.97 Å². The Balaban J connectivity index is 2.18. The van der Waals surface area contributed by atoms with Crippen molar-refractivity contribution in [1.82, 2.24) is 15.3 Å². The lowest BCUT2D eigenvalue weighted by Crippen LogP contribution is -2.15. The number of hydrogen-bond donors (Lipinski definition) is 1. The molecule has 1 atom stereocenters. The molecule has 0 aliphatic carbocycles. The first-order valence-corrected chi connectivity index (χ1v) is 4.95. The summed E-state index contributed by atoms with van der Waals surface area (Å²) in [6, 6.07) is 2.48. The molecule has 1 aromatic rings. The van der Waals surface area contributed by atoms with Crippen molar-refractivity contribution in [2.45, 2.75) is 32.2 Å². The van der Waals surface area contributed by atoms with Gasteiger partial charge in [0.25, 0.3) is 0 Å². The maximum absolute atomic E-state index is 4.50. The Morgan fingerprint density at radius 3 is 3.23 bits per heavy atom. The molecule has 3 heteroatoms. The molecule has 0 bridgehead atoms. The minimum atomic E-state index is 0.466. The lowest BCUT2D eigenvalue weighted by molar-refractivity contribution is 0.620. The number of aryl methyl sites for hydroxylation is 1. The third-order valence-electron chi connectivity index (χ3n) is 2.46. The van der Waals surface area contributed by atoms with Crippen molar-refractivity contribution in [3.05, 3.63) is 23.8 Å². The summed E-state index contributed by atoms with van der Waals surface area (Å²) in [5.41, 5.74) is 1.16. The van der Waals surface area contributed by atoms with Crippen LogP contribution in [0.5, 0.6) is 0 Å². The van der Waals surface area contributed by atoms with Gasteiger partial charge >= 0.3 is 0 Å². The summed E-state index contributed by atoms with van der Waals surface area (Å²) < 4.78 is 0. The van der Waals surface area contributed by atoms with Gasteiger partial charge in [0.15, 0.2) is 0 Å². The normalized spacial score (nSPS) is 22.1. The average molecular weight is 177 g/mol. The Morgan fingerprint density at radius 1 is 1.62 bits per heavy atom. The van der Waals surface area contributed by atoms with E-state index in [4.69, 9.17) is 0 Å². The maximum atomic E-state index is 4.50. The summed E-state index contributed by atoms with van der Waals surface area (Å²) >= 11 is 0. The molecule has 1 fully saturated rings. The van der Waals surface area contributed by atoms with Crippen LogP contribution in [0.1, 0.15) is 37.3 Å². The average Bonchev–Trinajstić information content (AvgIpc) is 2.71. The van der Waals surface area contributed by atoms with E-state index >= 15 is 0 Å². The monoisotopic (exact) mass is 177 g/mol. The van der Waals surface area contributed by atoms with Gasteiger partial charge in [0, 0.05) is 18.7 Å². The highest BCUT2D eigenvalue weighted by Gasteiger charge is 2.17. The Morgan fingerprint density at radius 2 is 2.54 bits per heavy atom. The second kappa shape index (κ2) is 3.83. The van der Waals surface area contributed by atoms with Crippen molar-refractivity contribution in [3.63, 3.8) is 0 Å². The van der Waals surface area contributed by atoms with E-state index < -0.39 is 0 Å². The van der Waals surface area contributed by atoms with E-state index in [2.05, 4.69) is 22.2 Å². The molecule has 0 radical (unpaired) electrons. The first-order valence-electron chi connectivity index (χ1n) is 4.95. The zero-order valence-corrected chi connectivity index (χ0v) is 7.95. The molecular formula is C10H15N3. The van der Waals surface area contributed by atoms with Crippen LogP contribution in [0.15, 0.2) is 12.3 Å². The molecule has 70 valence electrons. The minimum Gasteiger partial charge on any atom is -0.309 e. The predicted octanol–water partition coefficient (Wildman–Crippen LogP) is 1.46. The molecular weight excluding hydrogens is 162 g/mol. The van der Waals surface area contributed by atoms with E-state index in [1.807, 2.05) is 12.3 Å². The smallest absolute Gasteiger partial charge is 0.128 e. The lowest BCUT2D eigenvalue weighted by Gasteiger charge is -2.09. The molecule has 1 unspecified atom stereocenters. The number of nitrogens with one attached hydrogen (secondary N) is 1. The Hall–Kier alpha value is -0.960. The van der Waals surface area contributed by atoms with Gasteiger partial charge in [-0.1, -0.05) is 6.92 Å². The van der Waals surface area contributed by atoms with Crippen LogP contribution in [0.2, 0.25) is 0 Å². The van der Waals surface area contributed by atoms with E-state index in [-0.39, 0.29) is 0 Å². The van der Waals surface area contributed by atoms with Gasteiger partial charge in [0.1, 0.15) is 5.82 Å². The Bertz CT molecular complexity index is 279. The number of rotatable bonds is 2. The van der Waals surface area contributed by atoms with E-state index in [1.165, 1.54) is 12.8 Å². The molecule has 2 rings (SSSR count). The summed E-state index contributed by atoms with van der Waals surface area (Å²) in [7, 11) is 0. The van der Waals surface area contributed by atoms with Crippen LogP contribution in [0.3, 0.4) is 0 Å². The Labute approximate surface area is 78.6 Å². The third-order valence-corrected chi connectivity index (χ3v) is 2.46. The van der Waals surface area contributed by atoms with Gasteiger partial charge in [-0.05, 0) is 25.5 Å². The van der Waals surface area contributed by atoms with Crippen LogP contribution in [0.25, 0.3) is 0 Å². The molecule has 2 heterocycles. The van der Waals surface area contributed by atoms with Gasteiger partial charge in [0.2, 0.25) is 0 Å². The van der Waals surface area contributed by atoms with Gasteiger partial charge in [-0.15, -0.1) is 0 Å². The fourth-order valence-electron chi connectivity index (χ4n) is 1.72. The highest BCUT2D eigenvalue weighted by molar-refractivity contribution is 5.09. The quantitative estimate of drug-likeness (QED) is 0.743. The molecule has 3 nitrogen and oxygen atoms in total. The molecule has 1 aliphatic rings. The van der Waals surface area contributed by atoms with Crippen molar-refractivity contribution in [2.75, 3.05) is 6.54 Å². The topological polar surface area (TPSA) is 37.8 Å². The molecule has 0 aromatic carbocycles. The zero-order chi connectivity index (χ0) is 9.10. The van der Waals surface area contributed by atoms with Gasteiger partial charge in [-0.3, -0.25) is 0 Å². The fraction of sp³-hybridized carbons (Fsp3) is 0.600. The summed E-state index contributed by atoms with van der Waals surface area (Å²) in [6.07, 6.45) is 5.25. The van der Waals surface area contributed by atoms with Crippen molar-refractivity contribution < 1.29 is 0 Å². The second-order valence-corrected chi connectivity index (χ2v) is 3.40. The van der Waals surface area contributed by atoms with Crippen LogP contribution in [-0.2, 0) is 6.42 Å². The molecule has 1 N–H and O–H groups in total. The van der Waals surface area contributed by atoms with E-state index in [0.717, 1.165) is 24.5 Å². The van der Waals surface area contributed by atoms with Crippen molar-refractivity contribution in [3.8, 4) is 0 Å². The Kier molecular flexibility index (Phi) is 2.54. The summed E-state index contributed by atoms with van der Waals surface area (Å²) in [4.78, 5) is 8.69. The molecule has 13 heavy (non-hydrogen) atoms. The van der Waals surface area contributed by atoms with Gasteiger partial charge < -0.3 is 5.32 Å². The minimum absolute atomic E-state index is 0.466. The first kappa shape index (κ1) is 8.63. The summed E-state index contributed by atoms with van der Waals surface area (Å²) in [6.45, 7) is 3.21. The number of nitrogens with zero attached hydrogens (tertiary/aromatic N) is 2. The maximum Gasteiger partial charge on any atom is 0.128 e. The predicted molar refractivity (Wildman–Crippen MR) is 51.4 cm³/mol. The molecule has 1 aromatic heterocycles. The van der Waals surface area contributed by atoms with Crippen LogP contribution >= 0.6 is 0 Å². The molecule has 0 saturated carbocycles. The number of hydrogen-bond acceptors (Lipinski definition) is 3. The second-order valence-electron chi connectivity index (χ2n) is 3.40. The van der Waals surface area contributed by atoms with Crippen LogP contribution in [0, 0.1) is 0 Å². The molecule has 0 amide bonds. The van der Waals surface area contributed by atoms with Crippen molar-refractivity contribution >= 4 is 0 Å². The van der Waals surface area contributed by atoms with Crippen LogP contribution < -0.4 is 5.32 Å². The van der Waals surface area contributed by atoms with Crippen LogP contribution in [0.4, 0.5) is 0 Å². The summed E-state index contributed by atoms with van der Waals surface area (Å²) in [5.74, 6) is 0.950. The molecule has 0 spiro atoms. The molecule has 1 aliphatic heterocycles. The van der Waals surface area contributed by atoms with Crippen LogP contribution in [-0.4, -0.2) is 16.5 Å². The standard InChI is InChI=1S/C10H15N3/c1-2-10-12-7-5-9(13-10)8-4-3-6-11-8/h5,7-8,11H,2-4,6H2,1H3. The fourth-order valence-corrected chi connectivity index (χ4v) is 1.72. The number of aromatic nitrogens is 2. The van der Waals surface area contributed by atoms with E-state index in [0.29, 0.717) is 6.04 Å². The SMILES string of the molecule is CCc1nccc(C2CCCN2)n1. The highest BCUT2D eigenvalue weighted by Crippen LogP contribution is 2.20. The van der Waals surface area contributed by atoms with E-state index in [1.54, 1.807) is 0 Å². The third kappa shape index (κ3) is 1.86. The van der Waals surface area contributed by atoms with E-state index in [9.17, 15) is 0 Å². The van der Waals surface area contributed by atoms with Gasteiger partial charge in [0.05, 0.1) is 5.69 Å². The summed E-state index contributed by atoms with van der Waals surface area (Å²) in [5, 5.41) is 3.43. The van der Waals surface area contributed by atoms with Gasteiger partial charge in [-0.2, -0.15) is 0 Å². The molecule has 1 saturated heterocycles. The van der Waals surface area contributed by atoms with Crippen molar-refractivity contribution in [1.29, 1.82) is 0 Å².